The van der Waals surface area contributed by atoms with Crippen molar-refractivity contribution < 1.29 is 9.84 Å². The summed E-state index contributed by atoms with van der Waals surface area (Å²) in [7, 11) is 0. The van der Waals surface area contributed by atoms with E-state index in [4.69, 9.17) is 4.74 Å². The Kier molecular flexibility index (Phi) is 3.79. The van der Waals surface area contributed by atoms with Crippen LogP contribution in [0.25, 0.3) is 0 Å². The van der Waals surface area contributed by atoms with Crippen molar-refractivity contribution in [3.8, 4) is 5.75 Å². The SMILES string of the molecule is CCn1cc(O[C@@H]2CN(c3ccnc(C)c3)C[C@H]2O)cn1. The van der Waals surface area contributed by atoms with Crippen LogP contribution in [0.15, 0.2) is 30.7 Å². The van der Waals surface area contributed by atoms with Gasteiger partial charge in [0.15, 0.2) is 5.75 Å². The van der Waals surface area contributed by atoms with Crippen molar-refractivity contribution in [2.45, 2.75) is 32.6 Å². The molecule has 3 heterocycles. The highest BCUT2D eigenvalue weighted by molar-refractivity contribution is 5.48. The summed E-state index contributed by atoms with van der Waals surface area (Å²) in [4.78, 5) is 6.32. The Hall–Kier alpha value is -2.08. The number of anilines is 1. The number of aliphatic hydroxyl groups excluding tert-OH is 1. The molecule has 0 aliphatic carbocycles. The van der Waals surface area contributed by atoms with Crippen molar-refractivity contribution in [1.29, 1.82) is 0 Å². The third-order valence-electron chi connectivity index (χ3n) is 3.70. The van der Waals surface area contributed by atoms with E-state index in [2.05, 4.69) is 15.0 Å². The highest BCUT2D eigenvalue weighted by atomic mass is 16.5. The van der Waals surface area contributed by atoms with Gasteiger partial charge in [-0.2, -0.15) is 5.10 Å². The molecule has 21 heavy (non-hydrogen) atoms. The van der Waals surface area contributed by atoms with Crippen molar-refractivity contribution in [1.82, 2.24) is 14.8 Å². The second kappa shape index (κ2) is 5.73. The molecule has 1 N–H and O–H groups in total. The van der Waals surface area contributed by atoms with E-state index in [1.807, 2.05) is 32.2 Å². The molecule has 1 saturated heterocycles. The number of hydrogen-bond acceptors (Lipinski definition) is 5. The van der Waals surface area contributed by atoms with Gasteiger partial charge in [-0.1, -0.05) is 0 Å². The Labute approximate surface area is 124 Å². The monoisotopic (exact) mass is 288 g/mol. The zero-order valence-corrected chi connectivity index (χ0v) is 12.3. The van der Waals surface area contributed by atoms with Gasteiger partial charge in [0.1, 0.15) is 12.2 Å². The maximum atomic E-state index is 10.2. The summed E-state index contributed by atoms with van der Waals surface area (Å²) in [6.45, 7) is 6.01. The van der Waals surface area contributed by atoms with E-state index in [1.165, 1.54) is 0 Å². The van der Waals surface area contributed by atoms with Crippen LogP contribution in [-0.4, -0.2) is 45.2 Å². The largest absolute Gasteiger partial charge is 0.482 e. The van der Waals surface area contributed by atoms with Crippen LogP contribution in [0.5, 0.6) is 5.75 Å². The van der Waals surface area contributed by atoms with Crippen molar-refractivity contribution in [3.05, 3.63) is 36.4 Å². The number of aliphatic hydroxyl groups is 1. The normalized spacial score (nSPS) is 21.8. The minimum absolute atomic E-state index is 0.243. The molecule has 0 unspecified atom stereocenters. The molecule has 0 aromatic carbocycles. The van der Waals surface area contributed by atoms with Crippen molar-refractivity contribution in [2.24, 2.45) is 0 Å². The summed E-state index contributed by atoms with van der Waals surface area (Å²) in [5, 5.41) is 14.4. The van der Waals surface area contributed by atoms with E-state index in [-0.39, 0.29) is 6.10 Å². The molecule has 0 amide bonds. The number of nitrogens with zero attached hydrogens (tertiary/aromatic N) is 4. The van der Waals surface area contributed by atoms with Crippen LogP contribution in [0.3, 0.4) is 0 Å². The van der Waals surface area contributed by atoms with E-state index >= 15 is 0 Å². The van der Waals surface area contributed by atoms with E-state index < -0.39 is 6.10 Å². The third kappa shape index (κ3) is 3.00. The molecule has 1 aliphatic heterocycles. The van der Waals surface area contributed by atoms with Crippen LogP contribution in [0.4, 0.5) is 5.69 Å². The summed E-state index contributed by atoms with van der Waals surface area (Å²) in [5.74, 6) is 0.702. The topological polar surface area (TPSA) is 63.4 Å². The Balaban J connectivity index is 1.68. The fraction of sp³-hybridized carbons (Fsp3) is 0.467. The number of rotatable bonds is 4. The first-order valence-corrected chi connectivity index (χ1v) is 7.20. The molecule has 112 valence electrons. The first kappa shape index (κ1) is 13.9. The predicted molar refractivity (Wildman–Crippen MR) is 79.5 cm³/mol. The minimum atomic E-state index is -0.511. The standard InChI is InChI=1S/C15H20N4O2/c1-3-19-8-13(7-17-19)21-15-10-18(9-14(15)20)12-4-5-16-11(2)6-12/h4-8,14-15,20H,3,9-10H2,1-2H3/t14-,15-/m1/s1. The summed E-state index contributed by atoms with van der Waals surface area (Å²) in [6, 6.07) is 3.97. The first-order chi connectivity index (χ1) is 10.2. The van der Waals surface area contributed by atoms with Crippen molar-refractivity contribution in [3.63, 3.8) is 0 Å². The van der Waals surface area contributed by atoms with Crippen LogP contribution in [0.1, 0.15) is 12.6 Å². The molecule has 3 rings (SSSR count). The van der Waals surface area contributed by atoms with Gasteiger partial charge in [-0.3, -0.25) is 9.67 Å². The van der Waals surface area contributed by atoms with Crippen LogP contribution in [0, 0.1) is 6.92 Å². The zero-order valence-electron chi connectivity index (χ0n) is 12.3. The lowest BCUT2D eigenvalue weighted by Gasteiger charge is -2.18. The Morgan fingerprint density at radius 3 is 3.00 bits per heavy atom. The highest BCUT2D eigenvalue weighted by Crippen LogP contribution is 2.24. The molecular weight excluding hydrogens is 268 g/mol. The number of β-amino-alcohol motifs (C(OH)–C–C–N with tert-alkyl or cyclic N) is 1. The average molecular weight is 288 g/mol. The second-order valence-corrected chi connectivity index (χ2v) is 5.32. The molecule has 1 fully saturated rings. The summed E-state index contributed by atoms with van der Waals surface area (Å²) in [6.07, 6.45) is 4.58. The molecule has 0 bridgehead atoms. The highest BCUT2D eigenvalue weighted by Gasteiger charge is 2.33. The molecule has 0 spiro atoms. The Morgan fingerprint density at radius 1 is 1.43 bits per heavy atom. The van der Waals surface area contributed by atoms with E-state index in [0.29, 0.717) is 18.8 Å². The summed E-state index contributed by atoms with van der Waals surface area (Å²) >= 11 is 0. The van der Waals surface area contributed by atoms with Crippen LogP contribution in [-0.2, 0) is 6.54 Å². The zero-order chi connectivity index (χ0) is 14.8. The van der Waals surface area contributed by atoms with Crippen molar-refractivity contribution >= 4 is 5.69 Å². The molecule has 6 nitrogen and oxygen atoms in total. The number of aromatic nitrogens is 3. The van der Waals surface area contributed by atoms with Gasteiger partial charge >= 0.3 is 0 Å². The van der Waals surface area contributed by atoms with Gasteiger partial charge in [0.2, 0.25) is 0 Å². The number of aryl methyl sites for hydroxylation is 2. The maximum Gasteiger partial charge on any atom is 0.157 e. The van der Waals surface area contributed by atoms with E-state index in [9.17, 15) is 5.11 Å². The van der Waals surface area contributed by atoms with Crippen LogP contribution >= 0.6 is 0 Å². The van der Waals surface area contributed by atoms with E-state index in [1.54, 1.807) is 17.1 Å². The maximum absolute atomic E-state index is 10.2. The smallest absolute Gasteiger partial charge is 0.157 e. The number of hydrogen-bond donors (Lipinski definition) is 1. The van der Waals surface area contributed by atoms with Gasteiger partial charge in [-0.25, -0.2) is 0 Å². The molecular formula is C15H20N4O2. The summed E-state index contributed by atoms with van der Waals surface area (Å²) < 4.78 is 7.67. The first-order valence-electron chi connectivity index (χ1n) is 7.20. The Bertz CT molecular complexity index is 613. The average Bonchev–Trinajstić information content (AvgIpc) is 3.07. The molecule has 1 aliphatic rings. The third-order valence-corrected chi connectivity index (χ3v) is 3.70. The number of pyridine rings is 1. The number of ether oxygens (including phenoxy) is 1. The van der Waals surface area contributed by atoms with Crippen molar-refractivity contribution in [2.75, 3.05) is 18.0 Å². The molecule has 2 atom stereocenters. The second-order valence-electron chi connectivity index (χ2n) is 5.32. The molecule has 6 heteroatoms. The Morgan fingerprint density at radius 2 is 2.29 bits per heavy atom. The fourth-order valence-electron chi connectivity index (χ4n) is 2.56. The van der Waals surface area contributed by atoms with E-state index in [0.717, 1.165) is 17.9 Å². The van der Waals surface area contributed by atoms with Gasteiger partial charge in [0.25, 0.3) is 0 Å². The summed E-state index contributed by atoms with van der Waals surface area (Å²) in [5.41, 5.74) is 2.03. The van der Waals surface area contributed by atoms with Gasteiger partial charge in [-0.15, -0.1) is 0 Å². The van der Waals surface area contributed by atoms with Crippen LogP contribution < -0.4 is 9.64 Å². The van der Waals surface area contributed by atoms with Gasteiger partial charge in [-0.05, 0) is 26.0 Å². The molecule has 0 saturated carbocycles. The minimum Gasteiger partial charge on any atom is -0.482 e. The fourth-order valence-corrected chi connectivity index (χ4v) is 2.56. The van der Waals surface area contributed by atoms with Gasteiger partial charge < -0.3 is 14.7 Å². The quantitative estimate of drug-likeness (QED) is 0.917. The predicted octanol–water partition coefficient (Wildman–Crippen LogP) is 1.23. The lowest BCUT2D eigenvalue weighted by Crippen LogP contribution is -2.29. The van der Waals surface area contributed by atoms with Gasteiger partial charge in [0, 0.05) is 30.7 Å². The molecule has 0 radical (unpaired) electrons. The lowest BCUT2D eigenvalue weighted by atomic mass is 10.3. The molecule has 2 aromatic heterocycles. The lowest BCUT2D eigenvalue weighted by molar-refractivity contribution is 0.0737. The molecule has 2 aromatic rings. The van der Waals surface area contributed by atoms with Crippen LogP contribution in [0.2, 0.25) is 0 Å². The van der Waals surface area contributed by atoms with Gasteiger partial charge in [0.05, 0.1) is 18.9 Å².